The van der Waals surface area contributed by atoms with Crippen molar-refractivity contribution in [3.8, 4) is 0 Å². The molecule has 0 radical (unpaired) electrons. The molecular formula is C8H14O3. The molecule has 0 aliphatic carbocycles. The molecule has 11 heavy (non-hydrogen) atoms. The zero-order valence-electron chi connectivity index (χ0n) is 7.18. The Morgan fingerprint density at radius 2 is 1.82 bits per heavy atom. The second-order valence-corrected chi connectivity index (χ2v) is 3.33. The SMILES string of the molecule is CC(=O)C(C)(C)CCC(=O)O. The van der Waals surface area contributed by atoms with Crippen LogP contribution in [0.2, 0.25) is 0 Å². The third-order valence-corrected chi connectivity index (χ3v) is 1.92. The molecule has 0 atom stereocenters. The van der Waals surface area contributed by atoms with Crippen LogP contribution in [0.5, 0.6) is 0 Å². The standard InChI is InChI=1S/C8H14O3/c1-6(9)8(2,3)5-4-7(10)11/h4-5H2,1-3H3,(H,10,11). The van der Waals surface area contributed by atoms with Crippen molar-refractivity contribution in [1.82, 2.24) is 0 Å². The van der Waals surface area contributed by atoms with Gasteiger partial charge in [0.2, 0.25) is 0 Å². The van der Waals surface area contributed by atoms with Crippen molar-refractivity contribution in [3.05, 3.63) is 0 Å². The van der Waals surface area contributed by atoms with E-state index in [0.29, 0.717) is 6.42 Å². The minimum Gasteiger partial charge on any atom is -0.481 e. The summed E-state index contributed by atoms with van der Waals surface area (Å²) >= 11 is 0. The van der Waals surface area contributed by atoms with Crippen molar-refractivity contribution >= 4 is 11.8 Å². The molecule has 0 aromatic rings. The van der Waals surface area contributed by atoms with Crippen LogP contribution >= 0.6 is 0 Å². The molecule has 0 heterocycles. The van der Waals surface area contributed by atoms with Gasteiger partial charge in [-0.15, -0.1) is 0 Å². The summed E-state index contributed by atoms with van der Waals surface area (Å²) in [7, 11) is 0. The average molecular weight is 158 g/mol. The fourth-order valence-electron chi connectivity index (χ4n) is 0.595. The molecule has 0 rings (SSSR count). The number of rotatable bonds is 4. The van der Waals surface area contributed by atoms with Crippen LogP contribution in [0.3, 0.4) is 0 Å². The van der Waals surface area contributed by atoms with Crippen molar-refractivity contribution < 1.29 is 14.7 Å². The predicted molar refractivity (Wildman–Crippen MR) is 41.3 cm³/mol. The number of carboxylic acid groups (broad SMARTS) is 1. The lowest BCUT2D eigenvalue weighted by Gasteiger charge is -2.19. The number of aliphatic carboxylic acids is 1. The maximum atomic E-state index is 10.9. The molecule has 0 amide bonds. The predicted octanol–water partition coefficient (Wildman–Crippen LogP) is 1.47. The van der Waals surface area contributed by atoms with E-state index < -0.39 is 11.4 Å². The Morgan fingerprint density at radius 3 is 2.09 bits per heavy atom. The second kappa shape index (κ2) is 3.51. The van der Waals surface area contributed by atoms with E-state index in [9.17, 15) is 9.59 Å². The number of hydrogen-bond acceptors (Lipinski definition) is 2. The Kier molecular flexibility index (Phi) is 3.23. The summed E-state index contributed by atoms with van der Waals surface area (Å²) < 4.78 is 0. The van der Waals surface area contributed by atoms with E-state index in [4.69, 9.17) is 5.11 Å². The Bertz CT molecular complexity index is 170. The summed E-state index contributed by atoms with van der Waals surface area (Å²) in [5.41, 5.74) is -0.488. The van der Waals surface area contributed by atoms with E-state index in [1.165, 1.54) is 6.92 Å². The number of Topliss-reactive ketones (excluding diaryl/α,β-unsaturated/α-hetero) is 1. The van der Waals surface area contributed by atoms with Crippen LogP contribution < -0.4 is 0 Å². The van der Waals surface area contributed by atoms with Crippen LogP contribution in [0.1, 0.15) is 33.6 Å². The Hall–Kier alpha value is -0.860. The first-order chi connectivity index (χ1) is 4.86. The highest BCUT2D eigenvalue weighted by molar-refractivity contribution is 5.82. The van der Waals surface area contributed by atoms with Gasteiger partial charge in [0.25, 0.3) is 0 Å². The van der Waals surface area contributed by atoms with Gasteiger partial charge in [-0.1, -0.05) is 13.8 Å². The van der Waals surface area contributed by atoms with Crippen LogP contribution in [-0.2, 0) is 9.59 Å². The molecule has 0 bridgehead atoms. The molecule has 64 valence electrons. The quantitative estimate of drug-likeness (QED) is 0.674. The highest BCUT2D eigenvalue weighted by atomic mass is 16.4. The van der Waals surface area contributed by atoms with Crippen LogP contribution in [0.25, 0.3) is 0 Å². The van der Waals surface area contributed by atoms with Crippen LogP contribution in [-0.4, -0.2) is 16.9 Å². The van der Waals surface area contributed by atoms with Gasteiger partial charge >= 0.3 is 5.97 Å². The largest absolute Gasteiger partial charge is 0.481 e. The molecule has 0 unspecified atom stereocenters. The Morgan fingerprint density at radius 1 is 1.36 bits per heavy atom. The van der Waals surface area contributed by atoms with Crippen molar-refractivity contribution in [1.29, 1.82) is 0 Å². The molecule has 1 N–H and O–H groups in total. The minimum atomic E-state index is -0.848. The number of carbonyl (C=O) groups excluding carboxylic acids is 1. The van der Waals surface area contributed by atoms with Crippen molar-refractivity contribution in [3.63, 3.8) is 0 Å². The molecule has 0 aliphatic rings. The van der Waals surface area contributed by atoms with E-state index in [2.05, 4.69) is 0 Å². The lowest BCUT2D eigenvalue weighted by atomic mass is 9.84. The molecule has 0 aromatic heterocycles. The van der Waals surface area contributed by atoms with Gasteiger partial charge < -0.3 is 5.11 Å². The third kappa shape index (κ3) is 3.75. The zero-order chi connectivity index (χ0) is 9.07. The summed E-state index contributed by atoms with van der Waals surface area (Å²) in [5.74, 6) is -0.807. The van der Waals surface area contributed by atoms with Gasteiger partial charge in [0, 0.05) is 11.8 Å². The molecule has 0 fully saturated rings. The number of carboxylic acids is 1. The van der Waals surface area contributed by atoms with Gasteiger partial charge in [-0.3, -0.25) is 9.59 Å². The first-order valence-electron chi connectivity index (χ1n) is 3.59. The van der Waals surface area contributed by atoms with Crippen LogP contribution in [0.15, 0.2) is 0 Å². The van der Waals surface area contributed by atoms with Gasteiger partial charge in [0.15, 0.2) is 0 Å². The van der Waals surface area contributed by atoms with E-state index in [0.717, 1.165) is 0 Å². The van der Waals surface area contributed by atoms with Gasteiger partial charge in [-0.2, -0.15) is 0 Å². The molecular weight excluding hydrogens is 144 g/mol. The highest BCUT2D eigenvalue weighted by Crippen LogP contribution is 2.22. The summed E-state index contributed by atoms with van der Waals surface area (Å²) in [6.45, 7) is 5.01. The van der Waals surface area contributed by atoms with E-state index >= 15 is 0 Å². The Balaban J connectivity index is 3.92. The molecule has 3 nitrogen and oxygen atoms in total. The van der Waals surface area contributed by atoms with Gasteiger partial charge in [0.05, 0.1) is 0 Å². The lowest BCUT2D eigenvalue weighted by molar-refractivity contribution is -0.138. The van der Waals surface area contributed by atoms with Crippen molar-refractivity contribution in [2.75, 3.05) is 0 Å². The monoisotopic (exact) mass is 158 g/mol. The molecule has 0 saturated carbocycles. The van der Waals surface area contributed by atoms with Crippen molar-refractivity contribution in [2.24, 2.45) is 5.41 Å². The van der Waals surface area contributed by atoms with Gasteiger partial charge in [0.1, 0.15) is 5.78 Å². The smallest absolute Gasteiger partial charge is 0.303 e. The number of hydrogen-bond donors (Lipinski definition) is 1. The average Bonchev–Trinajstić information content (AvgIpc) is 1.84. The van der Waals surface area contributed by atoms with Gasteiger partial charge in [-0.25, -0.2) is 0 Å². The highest BCUT2D eigenvalue weighted by Gasteiger charge is 2.23. The van der Waals surface area contributed by atoms with Crippen molar-refractivity contribution in [2.45, 2.75) is 33.6 Å². The van der Waals surface area contributed by atoms with Crippen LogP contribution in [0.4, 0.5) is 0 Å². The molecule has 0 spiro atoms. The number of carbonyl (C=O) groups is 2. The van der Waals surface area contributed by atoms with E-state index in [-0.39, 0.29) is 12.2 Å². The molecule has 0 saturated heterocycles. The minimum absolute atomic E-state index is 0.0405. The first kappa shape index (κ1) is 10.1. The summed E-state index contributed by atoms with van der Waals surface area (Å²) in [6.07, 6.45) is 0.476. The maximum Gasteiger partial charge on any atom is 0.303 e. The normalized spacial score (nSPS) is 11.2. The fourth-order valence-corrected chi connectivity index (χ4v) is 0.595. The molecule has 0 aliphatic heterocycles. The van der Waals surface area contributed by atoms with Crippen LogP contribution in [0, 0.1) is 5.41 Å². The van der Waals surface area contributed by atoms with E-state index in [1.807, 2.05) is 0 Å². The fraction of sp³-hybridized carbons (Fsp3) is 0.750. The molecule has 3 heteroatoms. The lowest BCUT2D eigenvalue weighted by Crippen LogP contribution is -2.22. The summed E-state index contributed by atoms with van der Waals surface area (Å²) in [4.78, 5) is 21.0. The van der Waals surface area contributed by atoms with E-state index in [1.54, 1.807) is 13.8 Å². The third-order valence-electron chi connectivity index (χ3n) is 1.92. The number of ketones is 1. The Labute approximate surface area is 66.4 Å². The topological polar surface area (TPSA) is 54.4 Å². The zero-order valence-corrected chi connectivity index (χ0v) is 7.18. The second-order valence-electron chi connectivity index (χ2n) is 3.33. The summed E-state index contributed by atoms with van der Waals surface area (Å²) in [5, 5.41) is 8.35. The summed E-state index contributed by atoms with van der Waals surface area (Å²) in [6, 6.07) is 0. The van der Waals surface area contributed by atoms with Gasteiger partial charge in [-0.05, 0) is 13.3 Å². The maximum absolute atomic E-state index is 10.9. The first-order valence-corrected chi connectivity index (χ1v) is 3.59. The molecule has 0 aromatic carbocycles.